The molecule has 19 heavy (non-hydrogen) atoms. The maximum Gasteiger partial charge on any atom is 0.0738 e. The van der Waals surface area contributed by atoms with Gasteiger partial charge in [0.2, 0.25) is 0 Å². The molecule has 3 rings (SSSR count). The lowest BCUT2D eigenvalue weighted by Crippen LogP contribution is -2.37. The van der Waals surface area contributed by atoms with E-state index in [0.29, 0.717) is 0 Å². The molecular weight excluding hydrogens is 302 g/mol. The van der Waals surface area contributed by atoms with Crippen molar-refractivity contribution in [2.75, 3.05) is 6.54 Å². The number of aryl methyl sites for hydroxylation is 2. The Labute approximate surface area is 124 Å². The van der Waals surface area contributed by atoms with Crippen LogP contribution in [0.2, 0.25) is 0 Å². The Bertz CT molecular complexity index is 450. The van der Waals surface area contributed by atoms with Gasteiger partial charge in [-0.2, -0.15) is 5.10 Å². The van der Waals surface area contributed by atoms with Crippen LogP contribution in [-0.2, 0) is 13.0 Å². The maximum atomic E-state index is 4.60. The van der Waals surface area contributed by atoms with Gasteiger partial charge in [0.15, 0.2) is 0 Å². The molecule has 1 heterocycles. The molecule has 0 bridgehead atoms. The Kier molecular flexibility index (Phi) is 3.99. The predicted molar refractivity (Wildman–Crippen MR) is 81.3 cm³/mol. The molecule has 0 spiro atoms. The molecule has 1 aromatic heterocycles. The molecule has 2 unspecified atom stereocenters. The lowest BCUT2D eigenvalue weighted by Gasteiger charge is -2.37. The summed E-state index contributed by atoms with van der Waals surface area (Å²) >= 11 is 3.72. The Morgan fingerprint density at radius 2 is 2.00 bits per heavy atom. The van der Waals surface area contributed by atoms with Gasteiger partial charge in [-0.3, -0.25) is 4.68 Å². The number of halogens is 1. The quantitative estimate of drug-likeness (QED) is 0.869. The highest BCUT2D eigenvalue weighted by atomic mass is 79.9. The minimum absolute atomic E-state index is 0.844. The molecule has 2 atom stereocenters. The molecule has 106 valence electrons. The maximum absolute atomic E-state index is 4.60. The third-order valence-corrected chi connectivity index (χ3v) is 5.76. The second-order valence-electron chi connectivity index (χ2n) is 6.15. The number of nitrogens with zero attached hydrogens (tertiary/aromatic N) is 2. The van der Waals surface area contributed by atoms with Crippen molar-refractivity contribution in [3.8, 4) is 0 Å². The highest BCUT2D eigenvalue weighted by molar-refractivity contribution is 9.10. The summed E-state index contributed by atoms with van der Waals surface area (Å²) in [4.78, 5) is 0. The summed E-state index contributed by atoms with van der Waals surface area (Å²) in [5.41, 5.74) is 2.53. The van der Waals surface area contributed by atoms with Crippen LogP contribution in [0.5, 0.6) is 0 Å². The highest BCUT2D eigenvalue weighted by Gasteiger charge is 2.33. The van der Waals surface area contributed by atoms with E-state index in [4.69, 9.17) is 0 Å². The lowest BCUT2D eigenvalue weighted by molar-refractivity contribution is 0.167. The van der Waals surface area contributed by atoms with Crippen LogP contribution < -0.4 is 5.32 Å². The van der Waals surface area contributed by atoms with Crippen LogP contribution in [0.3, 0.4) is 0 Å². The number of aromatic nitrogens is 2. The molecule has 1 N–H and O–H groups in total. The average Bonchev–Trinajstić information content (AvgIpc) is 3.15. The molecule has 0 saturated heterocycles. The SMILES string of the molecule is CCn1nc(C)c(Br)c1CC1CCC1CNC1CC1. The Morgan fingerprint density at radius 3 is 2.58 bits per heavy atom. The monoisotopic (exact) mass is 325 g/mol. The summed E-state index contributed by atoms with van der Waals surface area (Å²) < 4.78 is 3.40. The molecule has 0 aliphatic heterocycles. The van der Waals surface area contributed by atoms with Crippen LogP contribution in [0.25, 0.3) is 0 Å². The average molecular weight is 326 g/mol. The van der Waals surface area contributed by atoms with Crippen LogP contribution in [0.15, 0.2) is 4.47 Å². The first-order valence-corrected chi connectivity index (χ1v) is 8.43. The van der Waals surface area contributed by atoms with Crippen LogP contribution >= 0.6 is 15.9 Å². The first-order valence-electron chi connectivity index (χ1n) is 7.64. The summed E-state index contributed by atoms with van der Waals surface area (Å²) in [6.07, 6.45) is 6.76. The normalized spacial score (nSPS) is 26.5. The highest BCUT2D eigenvalue weighted by Crippen LogP contribution is 2.38. The molecule has 0 aromatic carbocycles. The van der Waals surface area contributed by atoms with Gasteiger partial charge in [-0.05, 0) is 80.3 Å². The Morgan fingerprint density at radius 1 is 1.26 bits per heavy atom. The zero-order chi connectivity index (χ0) is 13.4. The molecule has 2 fully saturated rings. The lowest BCUT2D eigenvalue weighted by atomic mass is 9.71. The number of hydrogen-bond acceptors (Lipinski definition) is 2. The molecule has 2 saturated carbocycles. The number of hydrogen-bond donors (Lipinski definition) is 1. The van der Waals surface area contributed by atoms with Gasteiger partial charge < -0.3 is 5.32 Å². The van der Waals surface area contributed by atoms with E-state index in [1.165, 1.54) is 48.8 Å². The van der Waals surface area contributed by atoms with Crippen molar-refractivity contribution in [2.45, 2.75) is 58.5 Å². The summed E-state index contributed by atoms with van der Waals surface area (Å²) in [6.45, 7) is 6.47. The fourth-order valence-corrected chi connectivity index (χ4v) is 3.54. The van der Waals surface area contributed by atoms with E-state index >= 15 is 0 Å². The van der Waals surface area contributed by atoms with Crippen molar-refractivity contribution in [1.29, 1.82) is 0 Å². The van der Waals surface area contributed by atoms with E-state index < -0.39 is 0 Å². The second kappa shape index (κ2) is 5.57. The summed E-state index contributed by atoms with van der Waals surface area (Å²) in [5, 5.41) is 8.29. The summed E-state index contributed by atoms with van der Waals surface area (Å²) in [5.74, 6) is 1.73. The molecule has 3 nitrogen and oxygen atoms in total. The Hall–Kier alpha value is -0.350. The fourth-order valence-electron chi connectivity index (χ4n) is 3.09. The third-order valence-electron chi connectivity index (χ3n) is 4.73. The van der Waals surface area contributed by atoms with Crippen molar-refractivity contribution in [3.05, 3.63) is 15.9 Å². The van der Waals surface area contributed by atoms with Gasteiger partial charge in [0.25, 0.3) is 0 Å². The Balaban J connectivity index is 1.60. The molecule has 0 radical (unpaired) electrons. The smallest absolute Gasteiger partial charge is 0.0738 e. The summed E-state index contributed by atoms with van der Waals surface area (Å²) in [6, 6.07) is 0.844. The molecular formula is C15H24BrN3. The minimum atomic E-state index is 0.844. The molecule has 0 amide bonds. The van der Waals surface area contributed by atoms with E-state index in [1.54, 1.807) is 0 Å². The van der Waals surface area contributed by atoms with Gasteiger partial charge in [0, 0.05) is 12.6 Å². The van der Waals surface area contributed by atoms with Crippen LogP contribution in [-0.4, -0.2) is 22.4 Å². The van der Waals surface area contributed by atoms with Crippen LogP contribution in [0.1, 0.15) is 44.0 Å². The van der Waals surface area contributed by atoms with Gasteiger partial charge in [-0.1, -0.05) is 0 Å². The van der Waals surface area contributed by atoms with Crippen molar-refractivity contribution in [1.82, 2.24) is 15.1 Å². The fraction of sp³-hybridized carbons (Fsp3) is 0.800. The number of nitrogens with one attached hydrogen (secondary N) is 1. The predicted octanol–water partition coefficient (Wildman–Crippen LogP) is 3.29. The van der Waals surface area contributed by atoms with Crippen LogP contribution in [0.4, 0.5) is 0 Å². The summed E-state index contributed by atoms with van der Waals surface area (Å²) in [7, 11) is 0. The zero-order valence-corrected chi connectivity index (χ0v) is 13.5. The van der Waals surface area contributed by atoms with Crippen molar-refractivity contribution < 1.29 is 0 Å². The van der Waals surface area contributed by atoms with Gasteiger partial charge in [0.1, 0.15) is 0 Å². The largest absolute Gasteiger partial charge is 0.314 e. The van der Waals surface area contributed by atoms with Gasteiger partial charge in [-0.15, -0.1) is 0 Å². The molecule has 1 aromatic rings. The van der Waals surface area contributed by atoms with E-state index in [9.17, 15) is 0 Å². The first kappa shape index (κ1) is 13.6. The van der Waals surface area contributed by atoms with Gasteiger partial charge in [0.05, 0.1) is 15.9 Å². The van der Waals surface area contributed by atoms with Crippen molar-refractivity contribution in [3.63, 3.8) is 0 Å². The minimum Gasteiger partial charge on any atom is -0.314 e. The van der Waals surface area contributed by atoms with Gasteiger partial charge >= 0.3 is 0 Å². The van der Waals surface area contributed by atoms with Crippen molar-refractivity contribution >= 4 is 15.9 Å². The molecule has 4 heteroatoms. The zero-order valence-electron chi connectivity index (χ0n) is 12.0. The van der Waals surface area contributed by atoms with E-state index in [2.05, 4.69) is 44.9 Å². The van der Waals surface area contributed by atoms with E-state index in [-0.39, 0.29) is 0 Å². The molecule has 2 aliphatic rings. The van der Waals surface area contributed by atoms with Gasteiger partial charge in [-0.25, -0.2) is 0 Å². The van der Waals surface area contributed by atoms with Crippen LogP contribution in [0, 0.1) is 18.8 Å². The number of rotatable bonds is 6. The van der Waals surface area contributed by atoms with E-state index in [0.717, 1.165) is 30.1 Å². The van der Waals surface area contributed by atoms with Crippen molar-refractivity contribution in [2.24, 2.45) is 11.8 Å². The standard InChI is InChI=1S/C15H24BrN3/c1-3-19-14(15(16)10(2)18-19)8-11-4-5-12(11)9-17-13-6-7-13/h11-13,17H,3-9H2,1-2H3. The second-order valence-corrected chi connectivity index (χ2v) is 6.94. The topological polar surface area (TPSA) is 29.9 Å². The first-order chi connectivity index (χ1) is 9.19. The third kappa shape index (κ3) is 2.89. The molecule has 2 aliphatic carbocycles. The van der Waals surface area contributed by atoms with E-state index in [1.807, 2.05) is 0 Å².